The molecule has 0 N–H and O–H groups in total. The fourth-order valence-electron chi connectivity index (χ4n) is 2.48. The van der Waals surface area contributed by atoms with Crippen LogP contribution in [0.4, 0.5) is 0 Å². The highest BCUT2D eigenvalue weighted by Gasteiger charge is 2.37. The number of benzene rings is 2. The minimum atomic E-state index is -3.52. The highest BCUT2D eigenvalue weighted by molar-refractivity contribution is 7.89. The first-order valence-corrected chi connectivity index (χ1v) is 8.44. The lowest BCUT2D eigenvalue weighted by atomic mass is 10.1. The van der Waals surface area contributed by atoms with Crippen LogP contribution in [-0.4, -0.2) is 25.3 Å². The summed E-state index contributed by atoms with van der Waals surface area (Å²) in [6, 6.07) is 15.0. The Balaban J connectivity index is 2.00. The van der Waals surface area contributed by atoms with Crippen LogP contribution in [-0.2, 0) is 10.0 Å². The van der Waals surface area contributed by atoms with Gasteiger partial charge in [-0.15, -0.1) is 0 Å². The van der Waals surface area contributed by atoms with Crippen molar-refractivity contribution < 1.29 is 8.42 Å². The van der Waals surface area contributed by atoms with Crippen molar-refractivity contribution >= 4 is 20.8 Å². The zero-order valence-electron chi connectivity index (χ0n) is 11.6. The predicted molar refractivity (Wildman–Crippen MR) is 81.1 cm³/mol. The molecule has 1 fully saturated rings. The largest absolute Gasteiger partial charge is 0.243 e. The van der Waals surface area contributed by atoms with Crippen molar-refractivity contribution in [2.75, 3.05) is 6.54 Å². The maximum absolute atomic E-state index is 12.8. The molecule has 0 atom stereocenters. The Morgan fingerprint density at radius 2 is 1.86 bits per heavy atom. The van der Waals surface area contributed by atoms with Gasteiger partial charge in [-0.25, -0.2) is 8.42 Å². The van der Waals surface area contributed by atoms with Crippen molar-refractivity contribution in [3.63, 3.8) is 0 Å². The first-order chi connectivity index (χ1) is 10.1. The van der Waals surface area contributed by atoms with E-state index >= 15 is 0 Å². The maximum atomic E-state index is 12.8. The van der Waals surface area contributed by atoms with E-state index in [4.69, 9.17) is 5.26 Å². The van der Waals surface area contributed by atoms with E-state index in [1.54, 1.807) is 12.1 Å². The number of sulfonamides is 1. The summed E-state index contributed by atoms with van der Waals surface area (Å²) in [6.07, 6.45) is 2.00. The Bertz CT molecular complexity index is 804. The molecule has 2 aromatic carbocycles. The van der Waals surface area contributed by atoms with Gasteiger partial charge in [0.05, 0.1) is 11.0 Å². The third-order valence-electron chi connectivity index (χ3n) is 3.73. The first-order valence-electron chi connectivity index (χ1n) is 7.00. The molecular formula is C16H16N2O2S. The smallest absolute Gasteiger partial charge is 0.207 e. The van der Waals surface area contributed by atoms with Gasteiger partial charge in [0.1, 0.15) is 0 Å². The van der Waals surface area contributed by atoms with Gasteiger partial charge >= 0.3 is 0 Å². The van der Waals surface area contributed by atoms with Gasteiger partial charge in [-0.05, 0) is 35.7 Å². The molecule has 0 unspecified atom stereocenters. The molecule has 0 heterocycles. The number of nitriles is 1. The average molecular weight is 300 g/mol. The van der Waals surface area contributed by atoms with Gasteiger partial charge in [0.2, 0.25) is 10.0 Å². The van der Waals surface area contributed by atoms with Gasteiger partial charge in [0.25, 0.3) is 0 Å². The molecule has 0 saturated heterocycles. The fourth-order valence-corrected chi connectivity index (χ4v) is 4.21. The Kier molecular flexibility index (Phi) is 3.66. The quantitative estimate of drug-likeness (QED) is 0.853. The summed E-state index contributed by atoms with van der Waals surface area (Å²) in [7, 11) is -3.52. The number of hydrogen-bond acceptors (Lipinski definition) is 3. The highest BCUT2D eigenvalue weighted by Crippen LogP contribution is 2.32. The number of nitrogens with zero attached hydrogens (tertiary/aromatic N) is 2. The van der Waals surface area contributed by atoms with Crippen LogP contribution in [0, 0.1) is 11.3 Å². The Morgan fingerprint density at radius 1 is 1.14 bits per heavy atom. The number of rotatable bonds is 5. The molecule has 0 bridgehead atoms. The van der Waals surface area contributed by atoms with E-state index < -0.39 is 10.0 Å². The summed E-state index contributed by atoms with van der Waals surface area (Å²) >= 11 is 0. The fraction of sp³-hybridized carbons (Fsp3) is 0.312. The van der Waals surface area contributed by atoms with Crippen LogP contribution in [0.15, 0.2) is 47.4 Å². The highest BCUT2D eigenvalue weighted by atomic mass is 32.2. The summed E-state index contributed by atoms with van der Waals surface area (Å²) in [6.45, 7) is 0.274. The third kappa shape index (κ3) is 2.78. The zero-order chi connectivity index (χ0) is 14.9. The second-order valence-electron chi connectivity index (χ2n) is 5.26. The van der Waals surface area contributed by atoms with Crippen LogP contribution in [0.25, 0.3) is 10.8 Å². The molecule has 0 amide bonds. The molecule has 1 aliphatic rings. The van der Waals surface area contributed by atoms with Crippen molar-refractivity contribution in [2.45, 2.75) is 30.2 Å². The predicted octanol–water partition coefficient (Wildman–Crippen LogP) is 2.91. The van der Waals surface area contributed by atoms with Crippen LogP contribution < -0.4 is 0 Å². The van der Waals surface area contributed by atoms with Gasteiger partial charge in [-0.3, -0.25) is 0 Å². The molecule has 2 aromatic rings. The normalized spacial score (nSPS) is 15.2. The van der Waals surface area contributed by atoms with Crippen LogP contribution >= 0.6 is 0 Å². The summed E-state index contributed by atoms with van der Waals surface area (Å²) in [5, 5.41) is 10.7. The summed E-state index contributed by atoms with van der Waals surface area (Å²) < 4.78 is 27.0. The monoisotopic (exact) mass is 300 g/mol. The molecule has 108 valence electrons. The molecule has 0 spiro atoms. The Labute approximate surface area is 124 Å². The molecule has 21 heavy (non-hydrogen) atoms. The second kappa shape index (κ2) is 5.47. The third-order valence-corrected chi connectivity index (χ3v) is 5.67. The van der Waals surface area contributed by atoms with Gasteiger partial charge in [-0.2, -0.15) is 9.57 Å². The molecule has 5 heteroatoms. The first kappa shape index (κ1) is 14.1. The van der Waals surface area contributed by atoms with Crippen molar-refractivity contribution in [3.8, 4) is 6.07 Å². The van der Waals surface area contributed by atoms with Gasteiger partial charge in [0.15, 0.2) is 0 Å². The summed E-state index contributed by atoms with van der Waals surface area (Å²) in [4.78, 5) is 0.311. The molecule has 0 aromatic heterocycles. The lowest BCUT2D eigenvalue weighted by molar-refractivity contribution is 0.411. The second-order valence-corrected chi connectivity index (χ2v) is 7.15. The average Bonchev–Trinajstić information content (AvgIpc) is 3.31. The topological polar surface area (TPSA) is 61.2 Å². The number of hydrogen-bond donors (Lipinski definition) is 0. The molecule has 4 nitrogen and oxygen atoms in total. The lowest BCUT2D eigenvalue weighted by Gasteiger charge is -2.21. The lowest BCUT2D eigenvalue weighted by Crippen LogP contribution is -2.33. The van der Waals surface area contributed by atoms with Crippen molar-refractivity contribution in [2.24, 2.45) is 0 Å². The van der Waals surface area contributed by atoms with Crippen LogP contribution in [0.5, 0.6) is 0 Å². The summed E-state index contributed by atoms with van der Waals surface area (Å²) in [5.74, 6) is 0. The van der Waals surface area contributed by atoms with Gasteiger partial charge < -0.3 is 0 Å². The summed E-state index contributed by atoms with van der Waals surface area (Å²) in [5.41, 5.74) is 0. The van der Waals surface area contributed by atoms with Crippen LogP contribution in [0.3, 0.4) is 0 Å². The van der Waals surface area contributed by atoms with Crippen molar-refractivity contribution in [3.05, 3.63) is 42.5 Å². The van der Waals surface area contributed by atoms with Crippen molar-refractivity contribution in [1.82, 2.24) is 4.31 Å². The molecule has 1 aliphatic carbocycles. The van der Waals surface area contributed by atoms with Crippen LogP contribution in [0.2, 0.25) is 0 Å². The maximum Gasteiger partial charge on any atom is 0.243 e. The number of fused-ring (bicyclic) bond motifs is 1. The molecule has 3 rings (SSSR count). The van der Waals surface area contributed by atoms with E-state index in [-0.39, 0.29) is 19.0 Å². The Morgan fingerprint density at radius 3 is 2.52 bits per heavy atom. The minimum Gasteiger partial charge on any atom is -0.207 e. The molecule has 0 radical (unpaired) electrons. The van der Waals surface area contributed by atoms with E-state index in [0.29, 0.717) is 4.90 Å². The van der Waals surface area contributed by atoms with Gasteiger partial charge in [0, 0.05) is 19.0 Å². The molecule has 0 aliphatic heterocycles. The van der Waals surface area contributed by atoms with E-state index in [9.17, 15) is 8.42 Å². The Hall–Kier alpha value is -1.90. The standard InChI is InChI=1S/C16H16N2O2S/c17-10-3-11-18(15-7-8-15)21(19,20)16-9-6-13-4-1-2-5-14(13)12-16/h1-2,4-6,9,12,15H,3,7-8,11H2. The van der Waals surface area contributed by atoms with Gasteiger partial charge in [-0.1, -0.05) is 30.3 Å². The van der Waals surface area contributed by atoms with Crippen molar-refractivity contribution in [1.29, 1.82) is 5.26 Å². The van der Waals surface area contributed by atoms with E-state index in [2.05, 4.69) is 0 Å². The molecule has 1 saturated carbocycles. The minimum absolute atomic E-state index is 0.0646. The van der Waals surface area contributed by atoms with E-state index in [1.807, 2.05) is 36.4 Å². The van der Waals surface area contributed by atoms with E-state index in [0.717, 1.165) is 23.6 Å². The van der Waals surface area contributed by atoms with E-state index in [1.165, 1.54) is 4.31 Å². The zero-order valence-corrected chi connectivity index (χ0v) is 12.4. The SMILES string of the molecule is N#CCCN(C1CC1)S(=O)(=O)c1ccc2ccccc2c1. The van der Waals surface area contributed by atoms with Crippen LogP contribution in [0.1, 0.15) is 19.3 Å². The molecular weight excluding hydrogens is 284 g/mol.